The first-order valence-electron chi connectivity index (χ1n) is 9.06. The van der Waals surface area contributed by atoms with Gasteiger partial charge in [-0.2, -0.15) is 4.98 Å². The molecule has 4 heterocycles. The van der Waals surface area contributed by atoms with Crippen LogP contribution >= 0.6 is 11.3 Å². The second-order valence-corrected chi connectivity index (χ2v) is 7.96. The molecule has 2 aliphatic heterocycles. The number of aromatic nitrogens is 2. The number of benzene rings is 1. The van der Waals surface area contributed by atoms with Crippen LogP contribution in [-0.4, -0.2) is 41.5 Å². The van der Waals surface area contributed by atoms with Crippen LogP contribution in [0.1, 0.15) is 19.3 Å². The molecule has 2 atom stereocenters. The van der Waals surface area contributed by atoms with Gasteiger partial charge in [-0.05, 0) is 25.0 Å². The maximum absolute atomic E-state index is 12.9. The first kappa shape index (κ1) is 17.7. The fraction of sp³-hybridized carbons (Fsp3) is 0.444. The molecule has 0 spiro atoms. The summed E-state index contributed by atoms with van der Waals surface area (Å²) in [6, 6.07) is 3.80. The van der Waals surface area contributed by atoms with Gasteiger partial charge >= 0.3 is 6.36 Å². The van der Waals surface area contributed by atoms with Gasteiger partial charge in [0.25, 0.3) is 6.01 Å². The van der Waals surface area contributed by atoms with E-state index in [9.17, 15) is 13.2 Å². The van der Waals surface area contributed by atoms with Crippen LogP contribution in [0.25, 0.3) is 21.7 Å². The standard InChI is InChI=1S/C18H17F3N4O2S/c19-18(20,21)27-13-5-4-12(16-22-6-7-28-16)15-14(13)24-17(26-15)25-8-10-2-1-3-11(9-25)23-10/h4-7,10-11,23H,1-3,8-9H2. The largest absolute Gasteiger partial charge is 0.573 e. The Balaban J connectivity index is 1.59. The van der Waals surface area contributed by atoms with Crippen LogP contribution in [0.15, 0.2) is 28.1 Å². The predicted octanol–water partition coefficient (Wildman–Crippen LogP) is 4.18. The molecule has 2 fully saturated rings. The van der Waals surface area contributed by atoms with Gasteiger partial charge in [0.1, 0.15) is 5.01 Å². The molecule has 1 aromatic carbocycles. The summed E-state index contributed by atoms with van der Waals surface area (Å²) in [6.45, 7) is 1.43. The van der Waals surface area contributed by atoms with E-state index in [4.69, 9.17) is 4.42 Å². The van der Waals surface area contributed by atoms with Crippen LogP contribution in [0.5, 0.6) is 5.75 Å². The fourth-order valence-corrected chi connectivity index (χ4v) is 4.66. The smallest absolute Gasteiger partial charge is 0.422 e. The van der Waals surface area contributed by atoms with Crippen LogP contribution < -0.4 is 15.0 Å². The topological polar surface area (TPSA) is 63.4 Å². The van der Waals surface area contributed by atoms with Crippen molar-refractivity contribution in [2.24, 2.45) is 0 Å². The molecule has 0 saturated carbocycles. The second-order valence-electron chi connectivity index (χ2n) is 7.07. The summed E-state index contributed by atoms with van der Waals surface area (Å²) in [7, 11) is 0. The van der Waals surface area contributed by atoms with Crippen molar-refractivity contribution in [1.82, 2.24) is 15.3 Å². The minimum atomic E-state index is -4.80. The van der Waals surface area contributed by atoms with Gasteiger partial charge in [0.05, 0.1) is 5.56 Å². The van der Waals surface area contributed by atoms with Crippen LogP contribution in [-0.2, 0) is 0 Å². The van der Waals surface area contributed by atoms with E-state index in [1.54, 1.807) is 11.6 Å². The highest BCUT2D eigenvalue weighted by Gasteiger charge is 2.35. The van der Waals surface area contributed by atoms with Crippen molar-refractivity contribution in [3.05, 3.63) is 23.7 Å². The van der Waals surface area contributed by atoms with E-state index in [0.717, 1.165) is 12.8 Å². The summed E-state index contributed by atoms with van der Waals surface area (Å²) in [6.07, 6.45) is 0.156. The number of oxazole rings is 1. The zero-order valence-electron chi connectivity index (χ0n) is 14.7. The molecular formula is C18H17F3N4O2S. The molecule has 2 saturated heterocycles. The number of alkyl halides is 3. The lowest BCUT2D eigenvalue weighted by atomic mass is 9.94. The molecule has 1 N–H and O–H groups in total. The third kappa shape index (κ3) is 3.30. The molecule has 2 unspecified atom stereocenters. The quantitative estimate of drug-likeness (QED) is 0.699. The second kappa shape index (κ2) is 6.63. The average Bonchev–Trinajstić information content (AvgIpc) is 3.30. The van der Waals surface area contributed by atoms with E-state index < -0.39 is 6.36 Å². The maximum Gasteiger partial charge on any atom is 0.573 e. The molecule has 2 aliphatic rings. The Hall–Kier alpha value is -2.33. The number of rotatable bonds is 3. The van der Waals surface area contributed by atoms with Crippen LogP contribution in [0.4, 0.5) is 19.2 Å². The SMILES string of the molecule is FC(F)(F)Oc1ccc(-c2nccs2)c2oc(N3CC4CCCC(C3)N4)nc12. The van der Waals surface area contributed by atoms with Crippen molar-refractivity contribution < 1.29 is 22.3 Å². The predicted molar refractivity (Wildman–Crippen MR) is 98.6 cm³/mol. The summed E-state index contributed by atoms with van der Waals surface area (Å²) in [4.78, 5) is 10.7. The van der Waals surface area contributed by atoms with Crippen molar-refractivity contribution in [2.75, 3.05) is 18.0 Å². The summed E-state index contributed by atoms with van der Waals surface area (Å²) < 4.78 is 48.7. The van der Waals surface area contributed by atoms with Gasteiger partial charge < -0.3 is 19.4 Å². The molecule has 6 nitrogen and oxygen atoms in total. The Bertz CT molecular complexity index is 977. The molecule has 148 valence electrons. The lowest BCUT2D eigenvalue weighted by molar-refractivity contribution is -0.274. The normalized spacial score (nSPS) is 22.6. The molecule has 10 heteroatoms. The Kier molecular flexibility index (Phi) is 4.20. The number of nitrogens with zero attached hydrogens (tertiary/aromatic N) is 3. The highest BCUT2D eigenvalue weighted by molar-refractivity contribution is 7.13. The number of anilines is 1. The van der Waals surface area contributed by atoms with Gasteiger partial charge in [-0.15, -0.1) is 24.5 Å². The lowest BCUT2D eigenvalue weighted by Gasteiger charge is -2.41. The Labute approximate surface area is 162 Å². The van der Waals surface area contributed by atoms with Gasteiger partial charge in [-0.25, -0.2) is 4.98 Å². The molecule has 0 amide bonds. The number of fused-ring (bicyclic) bond motifs is 3. The van der Waals surface area contributed by atoms with Gasteiger partial charge in [0, 0.05) is 36.8 Å². The first-order chi connectivity index (χ1) is 13.5. The van der Waals surface area contributed by atoms with Crippen LogP contribution in [0.2, 0.25) is 0 Å². The molecule has 28 heavy (non-hydrogen) atoms. The molecule has 2 aromatic heterocycles. The van der Waals surface area contributed by atoms with Crippen molar-refractivity contribution in [2.45, 2.75) is 37.7 Å². The van der Waals surface area contributed by atoms with E-state index in [2.05, 4.69) is 20.0 Å². The lowest BCUT2D eigenvalue weighted by Crippen LogP contribution is -2.58. The van der Waals surface area contributed by atoms with Gasteiger partial charge in [0.15, 0.2) is 16.8 Å². The first-order valence-corrected chi connectivity index (χ1v) is 9.94. The molecule has 5 rings (SSSR count). The molecule has 2 bridgehead atoms. The number of hydrogen-bond acceptors (Lipinski definition) is 7. The Morgan fingerprint density at radius 1 is 1.21 bits per heavy atom. The zero-order chi connectivity index (χ0) is 19.3. The van der Waals surface area contributed by atoms with E-state index in [1.807, 2.05) is 4.90 Å². The third-order valence-electron chi connectivity index (χ3n) is 5.11. The van der Waals surface area contributed by atoms with Crippen LogP contribution in [0.3, 0.4) is 0 Å². The number of hydrogen-bond donors (Lipinski definition) is 1. The highest BCUT2D eigenvalue weighted by atomic mass is 32.1. The number of ether oxygens (including phenoxy) is 1. The van der Waals surface area contributed by atoms with Crippen molar-refractivity contribution in [3.8, 4) is 16.3 Å². The number of nitrogens with one attached hydrogen (secondary N) is 1. The van der Waals surface area contributed by atoms with E-state index in [0.29, 0.717) is 41.8 Å². The maximum atomic E-state index is 12.9. The van der Waals surface area contributed by atoms with Crippen molar-refractivity contribution >= 4 is 28.5 Å². The minimum absolute atomic E-state index is 0.0590. The number of halogens is 3. The third-order valence-corrected chi connectivity index (χ3v) is 5.92. The van der Waals surface area contributed by atoms with Crippen LogP contribution in [0, 0.1) is 0 Å². The minimum Gasteiger partial charge on any atom is -0.422 e. The summed E-state index contributed by atoms with van der Waals surface area (Å²) in [5.41, 5.74) is 0.924. The molecule has 3 aromatic rings. The summed E-state index contributed by atoms with van der Waals surface area (Å²) >= 11 is 1.38. The summed E-state index contributed by atoms with van der Waals surface area (Å²) in [5.74, 6) is -0.367. The molecule has 0 aliphatic carbocycles. The average molecular weight is 410 g/mol. The monoisotopic (exact) mass is 410 g/mol. The summed E-state index contributed by atoms with van der Waals surface area (Å²) in [5, 5.41) is 6.03. The fourth-order valence-electron chi connectivity index (χ4n) is 4.00. The Morgan fingerprint density at radius 2 is 2.00 bits per heavy atom. The van der Waals surface area contributed by atoms with Gasteiger partial charge in [-0.3, -0.25) is 0 Å². The Morgan fingerprint density at radius 3 is 2.68 bits per heavy atom. The zero-order valence-corrected chi connectivity index (χ0v) is 15.5. The van der Waals surface area contributed by atoms with E-state index in [1.165, 1.54) is 29.9 Å². The van der Waals surface area contributed by atoms with Crippen molar-refractivity contribution in [1.29, 1.82) is 0 Å². The van der Waals surface area contributed by atoms with Crippen molar-refractivity contribution in [3.63, 3.8) is 0 Å². The number of piperazine rings is 1. The van der Waals surface area contributed by atoms with Gasteiger partial charge in [-0.1, -0.05) is 6.42 Å². The molecular weight excluding hydrogens is 393 g/mol. The van der Waals surface area contributed by atoms with E-state index >= 15 is 0 Å². The number of thiazole rings is 1. The highest BCUT2D eigenvalue weighted by Crippen LogP contribution is 2.39. The number of piperidine rings is 1. The molecule has 0 radical (unpaired) electrons. The van der Waals surface area contributed by atoms with Gasteiger partial charge in [0.2, 0.25) is 0 Å². The van der Waals surface area contributed by atoms with E-state index in [-0.39, 0.29) is 16.8 Å².